The van der Waals surface area contributed by atoms with Crippen LogP contribution in [0.1, 0.15) is 12.8 Å². The Kier molecular flexibility index (Phi) is 3.42. The smallest absolute Gasteiger partial charge is 0.320 e. The second kappa shape index (κ2) is 3.84. The normalized spacial score (nSPS) is 12.5. The molecule has 0 aromatic rings. The van der Waals surface area contributed by atoms with Crippen LogP contribution in [0.15, 0.2) is 0 Å². The Morgan fingerprint density at radius 2 is 1.90 bits per heavy atom. The Balaban J connectivity index is 3.49. The molecule has 1 atom stereocenters. The first-order chi connectivity index (χ1) is 4.54. The Morgan fingerprint density at radius 1 is 1.40 bits per heavy atom. The zero-order valence-corrected chi connectivity index (χ0v) is 5.28. The van der Waals surface area contributed by atoms with Crippen molar-refractivity contribution in [2.24, 2.45) is 5.73 Å². The summed E-state index contributed by atoms with van der Waals surface area (Å²) in [6, 6.07) is -1.06. The zero-order chi connectivity index (χ0) is 8.15. The quantitative estimate of drug-likeness (QED) is 0.365. The molecule has 58 valence electrons. The van der Waals surface area contributed by atoms with E-state index in [4.69, 9.17) is 15.9 Å². The summed E-state index contributed by atoms with van der Waals surface area (Å²) in [5.74, 6) is -2.20. The number of rotatable bonds is 4. The number of carbonyl (C=O) groups is 2. The van der Waals surface area contributed by atoms with Gasteiger partial charge in [0, 0.05) is 6.42 Å². The van der Waals surface area contributed by atoms with E-state index in [2.05, 4.69) is 0 Å². The van der Waals surface area contributed by atoms with Crippen molar-refractivity contribution in [3.05, 3.63) is 0 Å². The van der Waals surface area contributed by atoms with Gasteiger partial charge < -0.3 is 15.9 Å². The molecule has 0 amide bonds. The fraction of sp³-hybridized carbons (Fsp3) is 0.600. The Hall–Kier alpha value is -1.10. The highest BCUT2D eigenvalue weighted by Gasteiger charge is 2.12. The lowest BCUT2D eigenvalue weighted by molar-refractivity contribution is -0.139. The number of carboxylic acids is 2. The van der Waals surface area contributed by atoms with E-state index in [1.807, 2.05) is 0 Å². The van der Waals surface area contributed by atoms with Gasteiger partial charge in [-0.15, -0.1) is 0 Å². The minimum atomic E-state index is -1.17. The molecule has 0 spiro atoms. The van der Waals surface area contributed by atoms with Gasteiger partial charge in [-0.25, -0.2) is 0 Å². The van der Waals surface area contributed by atoms with Gasteiger partial charge in [0.25, 0.3) is 0 Å². The molecule has 0 aliphatic heterocycles. The predicted octanol–water partition coefficient (Wildman–Crippen LogP) is -0.737. The highest BCUT2D eigenvalue weighted by Crippen LogP contribution is 1.93. The molecule has 0 saturated carbocycles. The summed E-state index contributed by atoms with van der Waals surface area (Å²) in [5, 5.41) is 16.3. The van der Waals surface area contributed by atoms with E-state index in [0.717, 1.165) is 0 Å². The van der Waals surface area contributed by atoms with Crippen molar-refractivity contribution >= 4 is 11.9 Å². The SMILES string of the molecule is [15NH2][13C@@H]([13CH2][13CH2][13C](=O)O)[13C](=O)O. The lowest BCUT2D eigenvalue weighted by Crippen LogP contribution is -2.30. The van der Waals surface area contributed by atoms with E-state index in [1.165, 1.54) is 0 Å². The van der Waals surface area contributed by atoms with Crippen LogP contribution < -0.4 is 5.73 Å². The second-order valence-corrected chi connectivity index (χ2v) is 1.88. The van der Waals surface area contributed by atoms with Crippen LogP contribution in [-0.4, -0.2) is 28.2 Å². The molecule has 0 unspecified atom stereocenters. The number of nitrogens with two attached hydrogens (primary N) is 1. The first kappa shape index (κ1) is 8.90. The molecule has 10 heavy (non-hydrogen) atoms. The summed E-state index contributed by atoms with van der Waals surface area (Å²) in [4.78, 5) is 19.9. The summed E-state index contributed by atoms with van der Waals surface area (Å²) in [7, 11) is 0. The van der Waals surface area contributed by atoms with Crippen LogP contribution in [0.25, 0.3) is 0 Å². The van der Waals surface area contributed by atoms with Crippen LogP contribution in [0.5, 0.6) is 0 Å². The molecular weight excluding hydrogens is 144 g/mol. The van der Waals surface area contributed by atoms with Crippen LogP contribution in [0.3, 0.4) is 0 Å². The first-order valence-corrected chi connectivity index (χ1v) is 2.74. The topological polar surface area (TPSA) is 101 Å². The van der Waals surface area contributed by atoms with Gasteiger partial charge in [0.2, 0.25) is 0 Å². The van der Waals surface area contributed by atoms with Crippen LogP contribution >= 0.6 is 0 Å². The highest BCUT2D eigenvalue weighted by molar-refractivity contribution is 5.74. The highest BCUT2D eigenvalue weighted by atomic mass is 16.5. The van der Waals surface area contributed by atoms with E-state index < -0.39 is 18.0 Å². The van der Waals surface area contributed by atoms with Gasteiger partial charge in [-0.1, -0.05) is 0 Å². The largest absolute Gasteiger partial charge is 0.481 e. The van der Waals surface area contributed by atoms with Crippen molar-refractivity contribution in [3.8, 4) is 0 Å². The van der Waals surface area contributed by atoms with E-state index in [-0.39, 0.29) is 12.8 Å². The third kappa shape index (κ3) is 3.85. The third-order valence-electron chi connectivity index (χ3n) is 0.986. The average molecular weight is 153 g/mol. The van der Waals surface area contributed by atoms with Crippen LogP contribution in [-0.2, 0) is 9.59 Å². The number of hydrogen-bond acceptors (Lipinski definition) is 3. The van der Waals surface area contributed by atoms with E-state index in [9.17, 15) is 9.59 Å². The first-order valence-electron chi connectivity index (χ1n) is 2.74. The van der Waals surface area contributed by atoms with Crippen molar-refractivity contribution in [3.63, 3.8) is 0 Å². The standard InChI is InChI=1S/C5H9NO4/c6-3(5(9)10)1-2-4(7)8/h3H,1-2,6H2,(H,7,8)(H,9,10)/t3-/m0/s1/i1+1,2+1,3+1,4+1,5+1,6+1. The molecular formula is C5H9NO4. The molecule has 0 aromatic carbocycles. The van der Waals surface area contributed by atoms with E-state index >= 15 is 0 Å². The fourth-order valence-corrected chi connectivity index (χ4v) is 0.402. The molecule has 0 heterocycles. The van der Waals surface area contributed by atoms with Crippen molar-refractivity contribution in [1.82, 2.24) is 0 Å². The van der Waals surface area contributed by atoms with Crippen LogP contribution in [0.4, 0.5) is 0 Å². The van der Waals surface area contributed by atoms with Crippen molar-refractivity contribution in [1.29, 1.82) is 0 Å². The maximum atomic E-state index is 9.99. The van der Waals surface area contributed by atoms with Gasteiger partial charge in [-0.2, -0.15) is 0 Å². The summed E-state index contributed by atoms with van der Waals surface area (Å²) < 4.78 is 0. The van der Waals surface area contributed by atoms with E-state index in [0.29, 0.717) is 0 Å². The Labute approximate surface area is 57.5 Å². The van der Waals surface area contributed by atoms with Gasteiger partial charge in [0.15, 0.2) is 0 Å². The van der Waals surface area contributed by atoms with Crippen molar-refractivity contribution < 1.29 is 19.8 Å². The summed E-state index contributed by atoms with van der Waals surface area (Å²) >= 11 is 0. The van der Waals surface area contributed by atoms with Crippen molar-refractivity contribution in [2.75, 3.05) is 0 Å². The molecule has 0 bridgehead atoms. The summed E-state index contributed by atoms with van der Waals surface area (Å²) in [5.41, 5.74) is 5.00. The second-order valence-electron chi connectivity index (χ2n) is 1.88. The van der Waals surface area contributed by atoms with Crippen LogP contribution in [0, 0.1) is 0 Å². The number of carboxylic acid groups (broad SMARTS) is 2. The monoisotopic (exact) mass is 153 g/mol. The molecule has 0 aliphatic rings. The van der Waals surface area contributed by atoms with E-state index in [1.54, 1.807) is 0 Å². The Morgan fingerprint density at radius 3 is 2.20 bits per heavy atom. The summed E-state index contributed by atoms with van der Waals surface area (Å²) in [6.07, 6.45) is -0.224. The van der Waals surface area contributed by atoms with Gasteiger partial charge in [-0.3, -0.25) is 9.59 Å². The molecule has 5 heteroatoms. The molecule has 0 radical (unpaired) electrons. The molecule has 0 fully saturated rings. The van der Waals surface area contributed by atoms with Gasteiger partial charge >= 0.3 is 11.9 Å². The van der Waals surface area contributed by atoms with Gasteiger partial charge in [-0.05, 0) is 6.42 Å². The van der Waals surface area contributed by atoms with Gasteiger partial charge in [0.1, 0.15) is 6.04 Å². The Bertz CT molecular complexity index is 145. The number of aliphatic carboxylic acids is 2. The molecule has 0 rings (SSSR count). The maximum Gasteiger partial charge on any atom is 0.320 e. The lowest BCUT2D eigenvalue weighted by Gasteiger charge is -2.01. The third-order valence-corrected chi connectivity index (χ3v) is 0.986. The molecule has 4 N–H and O–H groups in total. The average Bonchev–Trinajstić information content (AvgIpc) is 1.82. The maximum absolute atomic E-state index is 9.99. The number of hydrogen-bond donors (Lipinski definition) is 3. The molecule has 0 aliphatic carbocycles. The minimum Gasteiger partial charge on any atom is -0.481 e. The minimum absolute atomic E-state index is 0.0231. The fourth-order valence-electron chi connectivity index (χ4n) is 0.402. The zero-order valence-electron chi connectivity index (χ0n) is 5.28. The van der Waals surface area contributed by atoms with Gasteiger partial charge in [0.05, 0.1) is 0 Å². The summed E-state index contributed by atoms with van der Waals surface area (Å²) in [6.45, 7) is 0. The predicted molar refractivity (Wildman–Crippen MR) is 32.5 cm³/mol. The molecule has 0 saturated heterocycles. The molecule has 0 aromatic heterocycles. The lowest BCUT2D eigenvalue weighted by atomic mass is 11.1. The molecule has 5 nitrogen and oxygen atoms in total. The van der Waals surface area contributed by atoms with Crippen LogP contribution in [0.2, 0.25) is 0 Å². The van der Waals surface area contributed by atoms with Crippen molar-refractivity contribution in [2.45, 2.75) is 18.9 Å².